The highest BCUT2D eigenvalue weighted by Gasteiger charge is 2.07. The van der Waals surface area contributed by atoms with E-state index >= 15 is 0 Å². The number of thiazole rings is 1. The summed E-state index contributed by atoms with van der Waals surface area (Å²) in [6, 6.07) is 1.58. The average molecular weight is 284 g/mol. The van der Waals surface area contributed by atoms with Crippen molar-refractivity contribution >= 4 is 60.8 Å². The Morgan fingerprint density at radius 1 is 1.33 bits per heavy atom. The van der Waals surface area contributed by atoms with Gasteiger partial charge < -0.3 is 0 Å². The number of aromatic nitrogens is 2. The number of fused-ring (bicyclic) bond motifs is 1. The quantitative estimate of drug-likeness (QED) is 0.688. The van der Waals surface area contributed by atoms with E-state index in [4.69, 9.17) is 23.2 Å². The molecule has 0 aliphatic carbocycles. The Morgan fingerprint density at radius 3 is 2.83 bits per heavy atom. The van der Waals surface area contributed by atoms with Crippen LogP contribution >= 0.6 is 50.5 Å². The van der Waals surface area contributed by atoms with Crippen LogP contribution in [0.5, 0.6) is 0 Å². The number of halogens is 3. The largest absolute Gasteiger partial charge is 0.226 e. The highest BCUT2D eigenvalue weighted by atomic mass is 79.9. The molecule has 12 heavy (non-hydrogen) atoms. The number of rotatable bonds is 0. The molecule has 62 valence electrons. The summed E-state index contributed by atoms with van der Waals surface area (Å²) in [7, 11) is 0. The fourth-order valence-corrected chi connectivity index (χ4v) is 2.74. The molecule has 6 heteroatoms. The molecule has 2 aromatic rings. The van der Waals surface area contributed by atoms with Gasteiger partial charge in [-0.3, -0.25) is 0 Å². The van der Waals surface area contributed by atoms with Crippen LogP contribution in [0.25, 0.3) is 10.3 Å². The van der Waals surface area contributed by atoms with Crippen LogP contribution in [0.2, 0.25) is 10.2 Å². The minimum atomic E-state index is 0.392. The SMILES string of the molecule is Clc1cc(Cl)c2nc(Br)sc2n1. The van der Waals surface area contributed by atoms with Crippen molar-refractivity contribution in [2.45, 2.75) is 0 Å². The lowest BCUT2D eigenvalue weighted by atomic mass is 10.4. The molecule has 0 radical (unpaired) electrons. The Bertz CT molecular complexity index is 442. The van der Waals surface area contributed by atoms with Gasteiger partial charge in [-0.25, -0.2) is 9.97 Å². The molecule has 0 bridgehead atoms. The molecule has 0 saturated carbocycles. The van der Waals surface area contributed by atoms with Crippen LogP contribution in [0.1, 0.15) is 0 Å². The van der Waals surface area contributed by atoms with Crippen LogP contribution in [0.15, 0.2) is 9.98 Å². The summed E-state index contributed by atoms with van der Waals surface area (Å²) in [5.41, 5.74) is 0.693. The zero-order valence-electron chi connectivity index (χ0n) is 5.51. The second-order valence-corrected chi connectivity index (χ2v) is 5.10. The van der Waals surface area contributed by atoms with Gasteiger partial charge in [-0.15, -0.1) is 0 Å². The van der Waals surface area contributed by atoms with E-state index < -0.39 is 0 Å². The lowest BCUT2D eigenvalue weighted by Gasteiger charge is -1.91. The van der Waals surface area contributed by atoms with E-state index in [1.165, 1.54) is 11.3 Å². The fraction of sp³-hybridized carbons (Fsp3) is 0. The van der Waals surface area contributed by atoms with E-state index in [2.05, 4.69) is 25.9 Å². The Hall–Kier alpha value is 0.1000. The molecule has 0 aliphatic rings. The van der Waals surface area contributed by atoms with Crippen LogP contribution < -0.4 is 0 Å². The van der Waals surface area contributed by atoms with Gasteiger partial charge in [0.25, 0.3) is 0 Å². The van der Waals surface area contributed by atoms with E-state index in [9.17, 15) is 0 Å². The highest BCUT2D eigenvalue weighted by molar-refractivity contribution is 9.11. The maximum absolute atomic E-state index is 5.87. The minimum Gasteiger partial charge on any atom is -0.226 e. The van der Waals surface area contributed by atoms with Crippen LogP contribution in [-0.2, 0) is 0 Å². The topological polar surface area (TPSA) is 25.8 Å². The maximum Gasteiger partial charge on any atom is 0.161 e. The molecule has 0 aromatic carbocycles. The van der Waals surface area contributed by atoms with Gasteiger partial charge in [-0.2, -0.15) is 0 Å². The second-order valence-electron chi connectivity index (χ2n) is 2.05. The predicted molar refractivity (Wildman–Crippen MR) is 55.1 cm³/mol. The van der Waals surface area contributed by atoms with E-state index in [0.29, 0.717) is 15.7 Å². The molecular formula is C6HBrCl2N2S. The molecule has 2 heterocycles. The maximum atomic E-state index is 5.87. The summed E-state index contributed by atoms with van der Waals surface area (Å²) >= 11 is 16.2. The van der Waals surface area contributed by atoms with Crippen molar-refractivity contribution in [2.24, 2.45) is 0 Å². The van der Waals surface area contributed by atoms with Crippen molar-refractivity contribution in [3.8, 4) is 0 Å². The molecule has 0 amide bonds. The molecule has 0 atom stereocenters. The fourth-order valence-electron chi connectivity index (χ4n) is 0.820. The molecule has 0 fully saturated rings. The lowest BCUT2D eigenvalue weighted by molar-refractivity contribution is 1.39. The van der Waals surface area contributed by atoms with Gasteiger partial charge in [0.2, 0.25) is 0 Å². The van der Waals surface area contributed by atoms with Crippen molar-refractivity contribution in [3.63, 3.8) is 0 Å². The number of hydrogen-bond acceptors (Lipinski definition) is 3. The van der Waals surface area contributed by atoms with E-state index in [1.54, 1.807) is 6.07 Å². The molecule has 2 aromatic heterocycles. The average Bonchev–Trinajstić information content (AvgIpc) is 2.29. The molecule has 0 saturated heterocycles. The summed E-state index contributed by atoms with van der Waals surface area (Å²) in [6.45, 7) is 0. The Kier molecular flexibility index (Phi) is 2.25. The van der Waals surface area contributed by atoms with E-state index in [0.717, 1.165) is 8.75 Å². The molecule has 2 nitrogen and oxygen atoms in total. The van der Waals surface area contributed by atoms with Gasteiger partial charge in [0, 0.05) is 0 Å². The minimum absolute atomic E-state index is 0.392. The van der Waals surface area contributed by atoms with Gasteiger partial charge in [-0.05, 0) is 22.0 Å². The first-order chi connectivity index (χ1) is 5.66. The van der Waals surface area contributed by atoms with Crippen molar-refractivity contribution < 1.29 is 0 Å². The highest BCUT2D eigenvalue weighted by Crippen LogP contribution is 2.30. The standard InChI is InChI=1S/C6HBrCl2N2S/c7-6-11-4-2(8)1-3(9)10-5(4)12-6/h1H. The normalized spacial score (nSPS) is 10.9. The summed E-state index contributed by atoms with van der Waals surface area (Å²) in [6.07, 6.45) is 0. The Balaban J connectivity index is 2.88. The third-order valence-corrected chi connectivity index (χ3v) is 3.15. The summed E-state index contributed by atoms with van der Waals surface area (Å²) < 4.78 is 0.758. The third kappa shape index (κ3) is 1.44. The first-order valence-corrected chi connectivity index (χ1v) is 5.31. The van der Waals surface area contributed by atoms with Gasteiger partial charge in [0.15, 0.2) is 3.92 Å². The van der Waals surface area contributed by atoms with Crippen molar-refractivity contribution in [1.82, 2.24) is 9.97 Å². The number of hydrogen-bond donors (Lipinski definition) is 0. The number of nitrogens with zero attached hydrogens (tertiary/aromatic N) is 2. The molecule has 0 unspecified atom stereocenters. The summed E-state index contributed by atoms with van der Waals surface area (Å²) in [5.74, 6) is 0. The third-order valence-electron chi connectivity index (χ3n) is 1.26. The molecule has 0 aliphatic heterocycles. The smallest absolute Gasteiger partial charge is 0.161 e. The van der Waals surface area contributed by atoms with Crippen molar-refractivity contribution in [3.05, 3.63) is 20.2 Å². The van der Waals surface area contributed by atoms with E-state index in [1.807, 2.05) is 0 Å². The zero-order chi connectivity index (χ0) is 8.72. The van der Waals surface area contributed by atoms with Crippen molar-refractivity contribution in [1.29, 1.82) is 0 Å². The first-order valence-electron chi connectivity index (χ1n) is 2.95. The second kappa shape index (κ2) is 3.10. The van der Waals surface area contributed by atoms with Gasteiger partial charge in [0.05, 0.1) is 5.02 Å². The van der Waals surface area contributed by atoms with Gasteiger partial charge in [-0.1, -0.05) is 34.5 Å². The molecular weight excluding hydrogens is 283 g/mol. The van der Waals surface area contributed by atoms with Gasteiger partial charge >= 0.3 is 0 Å². The predicted octanol–water partition coefficient (Wildman–Crippen LogP) is 3.76. The summed E-state index contributed by atoms with van der Waals surface area (Å²) in [4.78, 5) is 8.95. The first kappa shape index (κ1) is 8.69. The van der Waals surface area contributed by atoms with Gasteiger partial charge in [0.1, 0.15) is 15.5 Å². The summed E-state index contributed by atoms with van der Waals surface area (Å²) in [5, 5.41) is 0.926. The Morgan fingerprint density at radius 2 is 2.08 bits per heavy atom. The van der Waals surface area contributed by atoms with Crippen LogP contribution in [0.3, 0.4) is 0 Å². The zero-order valence-corrected chi connectivity index (χ0v) is 9.43. The molecule has 2 rings (SSSR count). The molecule has 0 spiro atoms. The Labute approximate surface area is 90.7 Å². The van der Waals surface area contributed by atoms with Crippen LogP contribution in [0, 0.1) is 0 Å². The molecule has 0 N–H and O–H groups in total. The monoisotopic (exact) mass is 282 g/mol. The van der Waals surface area contributed by atoms with E-state index in [-0.39, 0.29) is 0 Å². The van der Waals surface area contributed by atoms with Crippen LogP contribution in [-0.4, -0.2) is 9.97 Å². The lowest BCUT2D eigenvalue weighted by Crippen LogP contribution is -1.76. The van der Waals surface area contributed by atoms with Crippen molar-refractivity contribution in [2.75, 3.05) is 0 Å². The number of pyridine rings is 1. The van der Waals surface area contributed by atoms with Crippen LogP contribution in [0.4, 0.5) is 0 Å².